The van der Waals surface area contributed by atoms with Gasteiger partial charge in [-0.3, -0.25) is 0 Å². The van der Waals surface area contributed by atoms with Gasteiger partial charge in [0.2, 0.25) is 0 Å². The molecule has 3 heteroatoms. The molecular formula is C105H115NO2. The van der Waals surface area contributed by atoms with Gasteiger partial charge in [-0.05, 0) is 189 Å². The lowest BCUT2D eigenvalue weighted by Gasteiger charge is -2.36. The first-order valence-corrected chi connectivity index (χ1v) is 42.6. The summed E-state index contributed by atoms with van der Waals surface area (Å²) in [6.45, 7) is 18.9. The van der Waals surface area contributed by atoms with E-state index in [9.17, 15) is 0 Å². The van der Waals surface area contributed by atoms with E-state index in [-0.39, 0.29) is 16.2 Å². The molecule has 3 aliphatic rings. The van der Waals surface area contributed by atoms with Gasteiger partial charge in [0.1, 0.15) is 22.3 Å². The summed E-state index contributed by atoms with van der Waals surface area (Å²) in [5.41, 5.74) is 33.7. The summed E-state index contributed by atoms with van der Waals surface area (Å²) in [6.07, 6.45) is 35.2. The fraction of sp³-hybridized carbons (Fsp3) is 0.371. The van der Waals surface area contributed by atoms with Crippen molar-refractivity contribution in [3.05, 3.63) is 257 Å². The van der Waals surface area contributed by atoms with E-state index < -0.39 is 0 Å². The molecular weight excluding hydrogens is 1310 g/mol. The number of rotatable bonds is 34. The van der Waals surface area contributed by atoms with Crippen LogP contribution in [0.25, 0.3) is 111 Å². The average molecular weight is 1420 g/mol. The minimum atomic E-state index is -0.386. The quantitative estimate of drug-likeness (QED) is 0.0377. The molecule has 16 rings (SSSR count). The van der Waals surface area contributed by atoms with Gasteiger partial charge in [0.25, 0.3) is 0 Å². The summed E-state index contributed by atoms with van der Waals surface area (Å²) in [5.74, 6) is 0. The summed E-state index contributed by atoms with van der Waals surface area (Å²) >= 11 is 0. The molecule has 0 aliphatic heterocycles. The van der Waals surface area contributed by atoms with E-state index in [1.54, 1.807) is 16.7 Å². The maximum absolute atomic E-state index is 7.12. The molecule has 3 aliphatic carbocycles. The van der Waals surface area contributed by atoms with E-state index in [2.05, 4.69) is 273 Å². The zero-order chi connectivity index (χ0) is 73.9. The minimum absolute atomic E-state index is 0.129. The number of nitrogens with zero attached hydrogens (tertiary/aromatic N) is 1. The summed E-state index contributed by atoms with van der Waals surface area (Å²) in [4.78, 5) is 2.72. The van der Waals surface area contributed by atoms with Crippen molar-refractivity contribution in [3.63, 3.8) is 0 Å². The lowest BCUT2D eigenvalue weighted by atomic mass is 9.68. The van der Waals surface area contributed by atoms with E-state index in [1.807, 2.05) is 0 Å². The number of fused-ring (bicyclic) bond motifs is 17. The molecule has 0 spiro atoms. The first-order chi connectivity index (χ1) is 53.0. The molecule has 0 N–H and O–H groups in total. The highest BCUT2D eigenvalue weighted by Crippen LogP contribution is 2.64. The second-order valence-corrected chi connectivity index (χ2v) is 33.5. The Labute approximate surface area is 645 Å². The van der Waals surface area contributed by atoms with Crippen LogP contribution in [-0.4, -0.2) is 0 Å². The fourth-order valence-electron chi connectivity index (χ4n) is 20.5. The molecule has 0 saturated heterocycles. The first-order valence-electron chi connectivity index (χ1n) is 42.6. The van der Waals surface area contributed by atoms with Crippen molar-refractivity contribution >= 4 is 60.9 Å². The lowest BCUT2D eigenvalue weighted by molar-refractivity contribution is 0.394. The number of para-hydroxylation sites is 3. The number of aryl methyl sites for hydroxylation is 2. The highest BCUT2D eigenvalue weighted by atomic mass is 16.3. The van der Waals surface area contributed by atoms with Crippen molar-refractivity contribution < 1.29 is 8.83 Å². The molecule has 2 heterocycles. The Bertz CT molecular complexity index is 5270. The highest BCUT2D eigenvalue weighted by molar-refractivity contribution is 6.19. The number of benzene rings is 11. The van der Waals surface area contributed by atoms with E-state index >= 15 is 0 Å². The van der Waals surface area contributed by atoms with Gasteiger partial charge in [-0.2, -0.15) is 0 Å². The Morgan fingerprint density at radius 3 is 1.31 bits per heavy atom. The SMILES string of the molecule is CCCCCCCCC1(CCCCCCCC)c2cc(N(c3ccc4c(c3)C(C)(C)c3cc(-c5ccc(C)cc5C)c5oc6ccccc6c5c3-4)c3c(-c4ccccc4)cccc3-c3ccccc3)ccc2-c2cc3c(cc21)-c1c(ccc2oc4ccccc4c12)C3(CCCCCCCC)CCCCCCCC. The maximum atomic E-state index is 7.12. The number of unbranched alkanes of at least 4 members (excludes halogenated alkanes) is 20. The van der Waals surface area contributed by atoms with Crippen LogP contribution in [0.1, 0.15) is 266 Å². The molecule has 0 saturated carbocycles. The predicted molar refractivity (Wildman–Crippen MR) is 463 cm³/mol. The molecule has 13 aromatic rings. The molecule has 0 atom stereocenters. The monoisotopic (exact) mass is 1420 g/mol. The molecule has 3 nitrogen and oxygen atoms in total. The largest absolute Gasteiger partial charge is 0.456 e. The molecule has 0 bridgehead atoms. The van der Waals surface area contributed by atoms with Gasteiger partial charge in [0.15, 0.2) is 0 Å². The van der Waals surface area contributed by atoms with Gasteiger partial charge in [-0.25, -0.2) is 0 Å². The van der Waals surface area contributed by atoms with Crippen LogP contribution in [0.5, 0.6) is 0 Å². The Balaban J connectivity index is 0.949. The zero-order valence-corrected chi connectivity index (χ0v) is 66.3. The van der Waals surface area contributed by atoms with Crippen LogP contribution in [0.2, 0.25) is 0 Å². The molecule has 2 aromatic heterocycles. The van der Waals surface area contributed by atoms with Crippen LogP contribution in [0.15, 0.2) is 221 Å². The third-order valence-electron chi connectivity index (χ3n) is 26.0. The van der Waals surface area contributed by atoms with Crippen LogP contribution in [0, 0.1) is 13.8 Å². The van der Waals surface area contributed by atoms with Crippen molar-refractivity contribution in [1.29, 1.82) is 0 Å². The molecule has 108 heavy (non-hydrogen) atoms. The van der Waals surface area contributed by atoms with Crippen LogP contribution in [0.4, 0.5) is 17.1 Å². The Morgan fingerprint density at radius 2 is 0.741 bits per heavy atom. The van der Waals surface area contributed by atoms with Gasteiger partial charge in [0, 0.05) is 65.9 Å². The molecule has 0 amide bonds. The zero-order valence-electron chi connectivity index (χ0n) is 66.3. The molecule has 0 radical (unpaired) electrons. The normalized spacial score (nSPS) is 14.1. The van der Waals surface area contributed by atoms with Crippen molar-refractivity contribution in [2.75, 3.05) is 4.90 Å². The smallest absolute Gasteiger partial charge is 0.143 e. The third kappa shape index (κ3) is 13.3. The lowest BCUT2D eigenvalue weighted by Crippen LogP contribution is -2.27. The van der Waals surface area contributed by atoms with Crippen molar-refractivity contribution in [3.8, 4) is 66.8 Å². The van der Waals surface area contributed by atoms with Gasteiger partial charge in [-0.1, -0.05) is 353 Å². The summed E-state index contributed by atoms with van der Waals surface area (Å²) in [5, 5.41) is 4.94. The van der Waals surface area contributed by atoms with Gasteiger partial charge < -0.3 is 13.7 Å². The van der Waals surface area contributed by atoms with Crippen LogP contribution < -0.4 is 4.90 Å². The predicted octanol–water partition coefficient (Wildman–Crippen LogP) is 32.4. The van der Waals surface area contributed by atoms with E-state index in [0.29, 0.717) is 0 Å². The first kappa shape index (κ1) is 73.0. The number of furan rings is 2. The van der Waals surface area contributed by atoms with Gasteiger partial charge in [0.05, 0.1) is 5.69 Å². The molecule has 552 valence electrons. The summed E-state index contributed by atoms with van der Waals surface area (Å²) < 4.78 is 14.1. The van der Waals surface area contributed by atoms with Crippen molar-refractivity contribution in [2.45, 2.75) is 251 Å². The van der Waals surface area contributed by atoms with E-state index in [0.717, 1.165) is 51.8 Å². The van der Waals surface area contributed by atoms with Crippen LogP contribution in [-0.2, 0) is 16.2 Å². The Hall–Kier alpha value is -9.18. The highest BCUT2D eigenvalue weighted by Gasteiger charge is 2.49. The number of hydrogen-bond donors (Lipinski definition) is 0. The van der Waals surface area contributed by atoms with Crippen LogP contribution >= 0.6 is 0 Å². The maximum Gasteiger partial charge on any atom is 0.143 e. The number of anilines is 3. The van der Waals surface area contributed by atoms with Crippen molar-refractivity contribution in [1.82, 2.24) is 0 Å². The standard InChI is InChI=1S/C105H115NO2/c1-9-13-17-21-25-39-62-104(63-40-26-22-18-14-10-2)88-60-61-96-99(83-48-35-37-52-94(83)107-96)98(88)87-71-91-85(69-92(87)104)81-58-55-77(68-90(81)105(91,64-41-27-23-19-15-11-3)65-42-28-24-20-16-12-4)106(101-79(74-44-31-29-32-45-74)50-43-51-80(101)75-46-33-30-34-47-75)76-56-59-82-89(67-76)103(7,8)93-70-86(78-57-54-72(5)66-73(78)6)102-100(97(82)93)84-49-36-38-53-95(84)108-102/h29-38,43-61,66-71H,9-28,39-42,62-65H2,1-8H3. The second-order valence-electron chi connectivity index (χ2n) is 33.5. The van der Waals surface area contributed by atoms with Gasteiger partial charge in [-0.15, -0.1) is 0 Å². The fourth-order valence-corrected chi connectivity index (χ4v) is 20.5. The molecule has 0 fully saturated rings. The van der Waals surface area contributed by atoms with E-state index in [1.165, 1.54) is 283 Å². The van der Waals surface area contributed by atoms with Gasteiger partial charge >= 0.3 is 0 Å². The summed E-state index contributed by atoms with van der Waals surface area (Å²) in [6, 6.07) is 82.9. The average Bonchev–Trinajstić information content (AvgIpc) is 1.52. The molecule has 0 unspecified atom stereocenters. The third-order valence-corrected chi connectivity index (χ3v) is 26.0. The Kier molecular flexibility index (Phi) is 21.5. The minimum Gasteiger partial charge on any atom is -0.456 e. The molecule has 11 aromatic carbocycles. The van der Waals surface area contributed by atoms with Crippen LogP contribution in [0.3, 0.4) is 0 Å². The second kappa shape index (κ2) is 31.8. The number of hydrogen-bond acceptors (Lipinski definition) is 3. The van der Waals surface area contributed by atoms with E-state index in [4.69, 9.17) is 8.83 Å². The van der Waals surface area contributed by atoms with Crippen molar-refractivity contribution in [2.24, 2.45) is 0 Å². The Morgan fingerprint density at radius 1 is 0.296 bits per heavy atom. The summed E-state index contributed by atoms with van der Waals surface area (Å²) in [7, 11) is 0. The topological polar surface area (TPSA) is 29.5 Å².